The van der Waals surface area contributed by atoms with Gasteiger partial charge < -0.3 is 15.7 Å². The molecule has 1 atom stereocenters. The molecule has 1 aromatic carbocycles. The lowest BCUT2D eigenvalue weighted by atomic mass is 9.94. The maximum atomic E-state index is 12.8. The second kappa shape index (κ2) is 8.69. The maximum absolute atomic E-state index is 12.8. The van der Waals surface area contributed by atoms with E-state index >= 15 is 0 Å². The van der Waals surface area contributed by atoms with Crippen molar-refractivity contribution in [3.05, 3.63) is 47.3 Å². The molecule has 0 fully saturated rings. The molecule has 148 valence electrons. The van der Waals surface area contributed by atoms with E-state index in [-0.39, 0.29) is 24.2 Å². The van der Waals surface area contributed by atoms with Crippen molar-refractivity contribution < 1.29 is 19.5 Å². The molecule has 2 aromatic rings. The second-order valence-electron chi connectivity index (χ2n) is 7.07. The highest BCUT2D eigenvalue weighted by Gasteiger charge is 2.25. The minimum Gasteiger partial charge on any atom is -0.481 e. The van der Waals surface area contributed by atoms with Crippen LogP contribution in [0.4, 0.5) is 5.69 Å². The van der Waals surface area contributed by atoms with Crippen molar-refractivity contribution in [3.8, 4) is 0 Å². The van der Waals surface area contributed by atoms with E-state index in [0.29, 0.717) is 30.6 Å². The van der Waals surface area contributed by atoms with Crippen LogP contribution in [-0.2, 0) is 29.0 Å². The maximum Gasteiger partial charge on any atom is 0.303 e. The van der Waals surface area contributed by atoms with Crippen molar-refractivity contribution in [1.29, 1.82) is 0 Å². The fraction of sp³-hybridized carbons (Fsp3) is 0.400. The van der Waals surface area contributed by atoms with Crippen LogP contribution in [0.5, 0.6) is 0 Å². The molecule has 2 heterocycles. The Morgan fingerprint density at radius 3 is 2.89 bits per heavy atom. The summed E-state index contributed by atoms with van der Waals surface area (Å²) in [7, 11) is 0. The van der Waals surface area contributed by atoms with E-state index in [1.54, 1.807) is 24.4 Å². The van der Waals surface area contributed by atoms with Crippen LogP contribution in [0.25, 0.3) is 0 Å². The number of fused-ring (bicyclic) bond motifs is 1. The molecular weight excluding hydrogens is 360 g/mol. The van der Waals surface area contributed by atoms with Gasteiger partial charge in [-0.3, -0.25) is 19.1 Å². The number of hydrogen-bond donors (Lipinski definition) is 3. The van der Waals surface area contributed by atoms with Crippen molar-refractivity contribution in [2.45, 2.75) is 39.2 Å². The average Bonchev–Trinajstić information content (AvgIpc) is 3.08. The van der Waals surface area contributed by atoms with Gasteiger partial charge in [0.05, 0.1) is 17.5 Å². The number of rotatable bonds is 7. The lowest BCUT2D eigenvalue weighted by Gasteiger charge is -2.24. The summed E-state index contributed by atoms with van der Waals surface area (Å²) >= 11 is 0. The smallest absolute Gasteiger partial charge is 0.303 e. The van der Waals surface area contributed by atoms with Gasteiger partial charge in [0.25, 0.3) is 5.91 Å². The highest BCUT2D eigenvalue weighted by Crippen LogP contribution is 2.23. The van der Waals surface area contributed by atoms with E-state index in [1.807, 2.05) is 10.7 Å². The standard InChI is InChI=1S/C20H24N4O4/c1-13(25)21-11-15-7-8-24-18(10-15)17(12-22-24)20(28)23-16-4-2-3-14(9-16)5-6-19(26)27/h2-4,9,12,15H,5-8,10-11H2,1H3,(H,21,25)(H,23,28)(H,26,27). The summed E-state index contributed by atoms with van der Waals surface area (Å²) in [5.41, 5.74) is 2.88. The monoisotopic (exact) mass is 384 g/mol. The first-order valence-electron chi connectivity index (χ1n) is 9.33. The molecular formula is C20H24N4O4. The molecule has 28 heavy (non-hydrogen) atoms. The van der Waals surface area contributed by atoms with Gasteiger partial charge in [-0.05, 0) is 42.9 Å². The van der Waals surface area contributed by atoms with Gasteiger partial charge in [-0.15, -0.1) is 0 Å². The van der Waals surface area contributed by atoms with Crippen LogP contribution in [0.3, 0.4) is 0 Å². The van der Waals surface area contributed by atoms with Crippen molar-refractivity contribution in [3.63, 3.8) is 0 Å². The number of carbonyl (C=O) groups excluding carboxylic acids is 2. The second-order valence-corrected chi connectivity index (χ2v) is 7.07. The number of aryl methyl sites for hydroxylation is 2. The van der Waals surface area contributed by atoms with Gasteiger partial charge >= 0.3 is 5.97 Å². The SMILES string of the molecule is CC(=O)NCC1CCn2ncc(C(=O)Nc3cccc(CCC(=O)O)c3)c2C1. The fourth-order valence-corrected chi connectivity index (χ4v) is 3.41. The number of carbonyl (C=O) groups is 3. The molecule has 0 saturated carbocycles. The van der Waals surface area contributed by atoms with Gasteiger partial charge in [0, 0.05) is 32.1 Å². The Balaban J connectivity index is 1.68. The summed E-state index contributed by atoms with van der Waals surface area (Å²) < 4.78 is 1.85. The minimum atomic E-state index is -0.852. The number of nitrogens with zero attached hydrogens (tertiary/aromatic N) is 2. The predicted molar refractivity (Wildman–Crippen MR) is 103 cm³/mol. The average molecular weight is 384 g/mol. The number of nitrogens with one attached hydrogen (secondary N) is 2. The van der Waals surface area contributed by atoms with Crippen LogP contribution in [0.15, 0.2) is 30.5 Å². The van der Waals surface area contributed by atoms with E-state index in [2.05, 4.69) is 15.7 Å². The normalized spacial score (nSPS) is 15.5. The summed E-state index contributed by atoms with van der Waals surface area (Å²) in [5.74, 6) is -0.870. The number of benzene rings is 1. The molecule has 0 aliphatic carbocycles. The molecule has 8 nitrogen and oxygen atoms in total. The Labute approximate surface area is 162 Å². The van der Waals surface area contributed by atoms with Crippen molar-refractivity contribution in [2.75, 3.05) is 11.9 Å². The number of aliphatic carboxylic acids is 1. The van der Waals surface area contributed by atoms with Crippen LogP contribution in [0.1, 0.15) is 41.4 Å². The Morgan fingerprint density at radius 2 is 2.14 bits per heavy atom. The number of carboxylic acids is 1. The molecule has 0 saturated heterocycles. The first kappa shape index (κ1) is 19.6. The van der Waals surface area contributed by atoms with Gasteiger partial charge in [0.1, 0.15) is 0 Å². The largest absolute Gasteiger partial charge is 0.481 e. The Bertz CT molecular complexity index is 890. The van der Waals surface area contributed by atoms with Gasteiger partial charge in [-0.1, -0.05) is 12.1 Å². The van der Waals surface area contributed by atoms with Crippen molar-refractivity contribution in [2.24, 2.45) is 5.92 Å². The Hall–Kier alpha value is -3.16. The number of anilines is 1. The first-order valence-corrected chi connectivity index (χ1v) is 9.33. The van der Waals surface area contributed by atoms with E-state index in [4.69, 9.17) is 5.11 Å². The third kappa shape index (κ3) is 4.97. The van der Waals surface area contributed by atoms with Gasteiger partial charge in [-0.25, -0.2) is 0 Å². The predicted octanol–water partition coefficient (Wildman–Crippen LogP) is 1.85. The zero-order chi connectivity index (χ0) is 20.1. The Kier molecular flexibility index (Phi) is 6.08. The topological polar surface area (TPSA) is 113 Å². The zero-order valence-corrected chi connectivity index (χ0v) is 15.8. The highest BCUT2D eigenvalue weighted by atomic mass is 16.4. The summed E-state index contributed by atoms with van der Waals surface area (Å²) in [6.07, 6.45) is 3.63. The van der Waals surface area contributed by atoms with E-state index in [0.717, 1.165) is 24.2 Å². The fourth-order valence-electron chi connectivity index (χ4n) is 3.41. The number of carboxylic acid groups (broad SMARTS) is 1. The van der Waals surface area contributed by atoms with Crippen molar-refractivity contribution in [1.82, 2.24) is 15.1 Å². The molecule has 8 heteroatoms. The summed E-state index contributed by atoms with van der Waals surface area (Å²) in [5, 5.41) is 18.9. The van der Waals surface area contributed by atoms with Gasteiger partial charge in [0.2, 0.25) is 5.91 Å². The zero-order valence-electron chi connectivity index (χ0n) is 15.8. The molecule has 1 aliphatic heterocycles. The lowest BCUT2D eigenvalue weighted by molar-refractivity contribution is -0.137. The van der Waals surface area contributed by atoms with Crippen LogP contribution in [0, 0.1) is 5.92 Å². The molecule has 0 bridgehead atoms. The number of amides is 2. The number of hydrogen-bond acceptors (Lipinski definition) is 4. The van der Waals surface area contributed by atoms with Crippen LogP contribution in [0.2, 0.25) is 0 Å². The van der Waals surface area contributed by atoms with E-state index < -0.39 is 5.97 Å². The van der Waals surface area contributed by atoms with Crippen molar-refractivity contribution >= 4 is 23.5 Å². The molecule has 1 aromatic heterocycles. The third-order valence-corrected chi connectivity index (χ3v) is 4.88. The quantitative estimate of drug-likeness (QED) is 0.674. The van der Waals surface area contributed by atoms with E-state index in [9.17, 15) is 14.4 Å². The minimum absolute atomic E-state index is 0.0456. The summed E-state index contributed by atoms with van der Waals surface area (Å²) in [6, 6.07) is 7.20. The summed E-state index contributed by atoms with van der Waals surface area (Å²) in [6.45, 7) is 2.81. The molecule has 3 N–H and O–H groups in total. The van der Waals surface area contributed by atoms with Crippen LogP contribution in [-0.4, -0.2) is 39.2 Å². The first-order chi connectivity index (χ1) is 13.4. The third-order valence-electron chi connectivity index (χ3n) is 4.88. The highest BCUT2D eigenvalue weighted by molar-refractivity contribution is 6.05. The molecule has 3 rings (SSSR count). The Morgan fingerprint density at radius 1 is 1.32 bits per heavy atom. The molecule has 1 aliphatic rings. The molecule has 2 amide bonds. The lowest BCUT2D eigenvalue weighted by Crippen LogP contribution is -2.32. The van der Waals surface area contributed by atoms with Gasteiger partial charge in [0.15, 0.2) is 0 Å². The van der Waals surface area contributed by atoms with E-state index in [1.165, 1.54) is 6.92 Å². The van der Waals surface area contributed by atoms with Crippen LogP contribution >= 0.6 is 0 Å². The van der Waals surface area contributed by atoms with Gasteiger partial charge in [-0.2, -0.15) is 5.10 Å². The summed E-state index contributed by atoms with van der Waals surface area (Å²) in [4.78, 5) is 34.7. The molecule has 1 unspecified atom stereocenters. The molecule has 0 radical (unpaired) electrons. The number of aromatic nitrogens is 2. The van der Waals surface area contributed by atoms with Crippen LogP contribution < -0.4 is 10.6 Å². The molecule has 0 spiro atoms.